The van der Waals surface area contributed by atoms with E-state index in [1.165, 1.54) is 31.5 Å². The molecule has 0 bridgehead atoms. The number of rotatable bonds is 4. The molecule has 0 unspecified atom stereocenters. The lowest BCUT2D eigenvalue weighted by molar-refractivity contribution is 0.263. The molecule has 2 aromatic rings. The van der Waals surface area contributed by atoms with Crippen molar-refractivity contribution in [2.75, 3.05) is 25.5 Å². The van der Waals surface area contributed by atoms with Crippen molar-refractivity contribution in [2.45, 2.75) is 32.7 Å². The quantitative estimate of drug-likeness (QED) is 0.935. The van der Waals surface area contributed by atoms with E-state index in [9.17, 15) is 0 Å². The molecule has 0 saturated carbocycles. The van der Waals surface area contributed by atoms with Crippen LogP contribution in [0.3, 0.4) is 0 Å². The Hall–Kier alpha value is -1.94. The molecule has 1 aliphatic rings. The molecule has 0 radical (unpaired) electrons. The Morgan fingerprint density at radius 3 is 2.41 bits per heavy atom. The molecule has 1 N–H and O–H groups in total. The summed E-state index contributed by atoms with van der Waals surface area (Å²) in [5.74, 6) is 1.64. The van der Waals surface area contributed by atoms with E-state index in [-0.39, 0.29) is 0 Å². The maximum absolute atomic E-state index is 4.54. The molecule has 4 nitrogen and oxygen atoms in total. The van der Waals surface area contributed by atoms with Crippen LogP contribution in [0.25, 0.3) is 11.4 Å². The molecule has 0 aliphatic carbocycles. The molecule has 0 spiro atoms. The molecule has 1 fully saturated rings. The van der Waals surface area contributed by atoms with E-state index in [0.717, 1.165) is 22.9 Å². The molecule has 22 heavy (non-hydrogen) atoms. The van der Waals surface area contributed by atoms with Crippen LogP contribution in [0.4, 0.5) is 5.82 Å². The van der Waals surface area contributed by atoms with E-state index >= 15 is 0 Å². The maximum atomic E-state index is 4.54. The number of nitrogens with zero attached hydrogens (tertiary/aromatic N) is 3. The fraction of sp³-hybridized carbons (Fsp3) is 0.444. The highest BCUT2D eigenvalue weighted by atomic mass is 15.2. The van der Waals surface area contributed by atoms with Gasteiger partial charge in [0.05, 0.1) is 0 Å². The van der Waals surface area contributed by atoms with Gasteiger partial charge in [0.1, 0.15) is 5.82 Å². The zero-order chi connectivity index (χ0) is 15.5. The standard InChI is InChI=1S/C18H24N4/c1-13-12-17(19-3)21-18(20-13)16-8-6-15(7-9-16)14(2)22-10-4-5-11-22/h6-9,12,14H,4-5,10-11H2,1-3H3,(H,19,20,21)/t14-/m1/s1. The van der Waals surface area contributed by atoms with E-state index in [4.69, 9.17) is 0 Å². The molecular formula is C18H24N4. The molecular weight excluding hydrogens is 272 g/mol. The fourth-order valence-electron chi connectivity index (χ4n) is 3.08. The van der Waals surface area contributed by atoms with Crippen molar-refractivity contribution in [1.29, 1.82) is 0 Å². The first-order valence-electron chi connectivity index (χ1n) is 8.05. The number of benzene rings is 1. The molecule has 116 valence electrons. The van der Waals surface area contributed by atoms with Gasteiger partial charge in [0, 0.05) is 30.4 Å². The summed E-state index contributed by atoms with van der Waals surface area (Å²) >= 11 is 0. The number of aryl methyl sites for hydroxylation is 1. The monoisotopic (exact) mass is 296 g/mol. The zero-order valence-electron chi connectivity index (χ0n) is 13.6. The van der Waals surface area contributed by atoms with E-state index in [0.29, 0.717) is 6.04 Å². The van der Waals surface area contributed by atoms with E-state index < -0.39 is 0 Å². The molecule has 1 aromatic carbocycles. The summed E-state index contributed by atoms with van der Waals surface area (Å²) in [6, 6.07) is 11.1. The number of anilines is 1. The third kappa shape index (κ3) is 3.12. The second kappa shape index (κ2) is 6.44. The summed E-state index contributed by atoms with van der Waals surface area (Å²) < 4.78 is 0. The van der Waals surface area contributed by atoms with Crippen molar-refractivity contribution in [3.63, 3.8) is 0 Å². The minimum absolute atomic E-state index is 0.489. The van der Waals surface area contributed by atoms with Gasteiger partial charge in [-0.05, 0) is 45.3 Å². The van der Waals surface area contributed by atoms with Gasteiger partial charge in [-0.25, -0.2) is 9.97 Å². The van der Waals surface area contributed by atoms with Crippen LogP contribution in [0.15, 0.2) is 30.3 Å². The molecule has 0 amide bonds. The SMILES string of the molecule is CNc1cc(C)nc(-c2ccc([C@@H](C)N3CCCC3)cc2)n1. The second-order valence-electron chi connectivity index (χ2n) is 6.01. The summed E-state index contributed by atoms with van der Waals surface area (Å²) in [6.07, 6.45) is 2.65. The van der Waals surface area contributed by atoms with Crippen molar-refractivity contribution in [2.24, 2.45) is 0 Å². The molecule has 3 rings (SSSR count). The Kier molecular flexibility index (Phi) is 4.39. The van der Waals surface area contributed by atoms with Crippen LogP contribution in [0.5, 0.6) is 0 Å². The lowest BCUT2D eigenvalue weighted by Gasteiger charge is -2.24. The van der Waals surface area contributed by atoms with Gasteiger partial charge in [-0.3, -0.25) is 4.90 Å². The van der Waals surface area contributed by atoms with E-state index in [1.54, 1.807) is 0 Å². The first kappa shape index (κ1) is 15.0. The predicted molar refractivity (Wildman–Crippen MR) is 91.0 cm³/mol. The number of hydrogen-bond acceptors (Lipinski definition) is 4. The lowest BCUT2D eigenvalue weighted by atomic mass is 10.0. The average Bonchev–Trinajstić information content (AvgIpc) is 3.08. The lowest BCUT2D eigenvalue weighted by Crippen LogP contribution is -2.23. The Labute approximate surface area is 132 Å². The summed E-state index contributed by atoms with van der Waals surface area (Å²) in [4.78, 5) is 11.6. The summed E-state index contributed by atoms with van der Waals surface area (Å²) in [5, 5.41) is 3.09. The summed E-state index contributed by atoms with van der Waals surface area (Å²) in [6.45, 7) is 6.73. The average molecular weight is 296 g/mol. The fourth-order valence-corrected chi connectivity index (χ4v) is 3.08. The first-order valence-corrected chi connectivity index (χ1v) is 8.05. The van der Waals surface area contributed by atoms with Crippen molar-refractivity contribution >= 4 is 5.82 Å². The Balaban J connectivity index is 1.83. The van der Waals surface area contributed by atoms with Crippen molar-refractivity contribution < 1.29 is 0 Å². The molecule has 1 aromatic heterocycles. The van der Waals surface area contributed by atoms with Gasteiger partial charge in [0.15, 0.2) is 5.82 Å². The van der Waals surface area contributed by atoms with Gasteiger partial charge in [-0.15, -0.1) is 0 Å². The number of hydrogen-bond donors (Lipinski definition) is 1. The Morgan fingerprint density at radius 2 is 1.77 bits per heavy atom. The van der Waals surface area contributed by atoms with Gasteiger partial charge in [0.2, 0.25) is 0 Å². The van der Waals surface area contributed by atoms with Crippen LogP contribution in [0.2, 0.25) is 0 Å². The molecule has 1 atom stereocenters. The Morgan fingerprint density at radius 1 is 1.09 bits per heavy atom. The third-order valence-electron chi connectivity index (χ3n) is 4.45. The maximum Gasteiger partial charge on any atom is 0.161 e. The molecule has 4 heteroatoms. The second-order valence-corrected chi connectivity index (χ2v) is 6.01. The normalized spacial score (nSPS) is 16.7. The predicted octanol–water partition coefficient (Wildman–Crippen LogP) is 3.65. The van der Waals surface area contributed by atoms with Crippen molar-refractivity contribution in [3.8, 4) is 11.4 Å². The van der Waals surface area contributed by atoms with Gasteiger partial charge < -0.3 is 5.32 Å². The van der Waals surface area contributed by atoms with Crippen molar-refractivity contribution in [3.05, 3.63) is 41.6 Å². The zero-order valence-corrected chi connectivity index (χ0v) is 13.6. The van der Waals surface area contributed by atoms with Crippen LogP contribution < -0.4 is 5.32 Å². The van der Waals surface area contributed by atoms with Gasteiger partial charge in [0.25, 0.3) is 0 Å². The minimum Gasteiger partial charge on any atom is -0.373 e. The highest BCUT2D eigenvalue weighted by molar-refractivity contribution is 5.58. The van der Waals surface area contributed by atoms with Gasteiger partial charge in [-0.2, -0.15) is 0 Å². The van der Waals surface area contributed by atoms with Crippen molar-refractivity contribution in [1.82, 2.24) is 14.9 Å². The topological polar surface area (TPSA) is 41.1 Å². The van der Waals surface area contributed by atoms with Crippen LogP contribution in [-0.4, -0.2) is 35.0 Å². The number of nitrogens with one attached hydrogen (secondary N) is 1. The van der Waals surface area contributed by atoms with Gasteiger partial charge in [-0.1, -0.05) is 24.3 Å². The number of aromatic nitrogens is 2. The van der Waals surface area contributed by atoms with Gasteiger partial charge >= 0.3 is 0 Å². The van der Waals surface area contributed by atoms with E-state index in [2.05, 4.69) is 51.4 Å². The van der Waals surface area contributed by atoms with Crippen LogP contribution in [0.1, 0.15) is 37.1 Å². The van der Waals surface area contributed by atoms with Crippen LogP contribution in [-0.2, 0) is 0 Å². The van der Waals surface area contributed by atoms with Crippen LogP contribution >= 0.6 is 0 Å². The summed E-state index contributed by atoms with van der Waals surface area (Å²) in [5.41, 5.74) is 3.41. The Bertz CT molecular complexity index is 630. The van der Waals surface area contributed by atoms with E-state index in [1.807, 2.05) is 20.0 Å². The molecule has 1 aliphatic heterocycles. The van der Waals surface area contributed by atoms with Crippen LogP contribution in [0, 0.1) is 6.92 Å². The smallest absolute Gasteiger partial charge is 0.161 e. The largest absolute Gasteiger partial charge is 0.373 e. The third-order valence-corrected chi connectivity index (χ3v) is 4.45. The highest BCUT2D eigenvalue weighted by Gasteiger charge is 2.19. The number of likely N-dealkylation sites (tertiary alicyclic amines) is 1. The highest BCUT2D eigenvalue weighted by Crippen LogP contribution is 2.26. The summed E-state index contributed by atoms with van der Waals surface area (Å²) in [7, 11) is 1.88. The molecule has 2 heterocycles. The first-order chi connectivity index (χ1) is 10.7. The molecule has 1 saturated heterocycles. The minimum atomic E-state index is 0.489.